The Morgan fingerprint density at radius 1 is 1.33 bits per heavy atom. The number of carbonyl (C=O) groups is 1. The highest BCUT2D eigenvalue weighted by Crippen LogP contribution is 2.22. The van der Waals surface area contributed by atoms with Gasteiger partial charge in [0.1, 0.15) is 0 Å². The Balaban J connectivity index is 2.92. The summed E-state index contributed by atoms with van der Waals surface area (Å²) in [5.41, 5.74) is 0. The van der Waals surface area contributed by atoms with Crippen LogP contribution in [-0.4, -0.2) is 46.0 Å². The first kappa shape index (κ1) is 12.4. The van der Waals surface area contributed by atoms with E-state index >= 15 is 0 Å². The quantitative estimate of drug-likeness (QED) is 0.728. The highest BCUT2D eigenvalue weighted by molar-refractivity contribution is 8.13. The molecule has 0 bridgehead atoms. The van der Waals surface area contributed by atoms with Gasteiger partial charge in [-0.2, -0.15) is 0 Å². The summed E-state index contributed by atoms with van der Waals surface area (Å²) in [7, 11) is 1.82. The van der Waals surface area contributed by atoms with Crippen LogP contribution in [0.1, 0.15) is 27.7 Å². The van der Waals surface area contributed by atoms with Crippen molar-refractivity contribution >= 4 is 23.0 Å². The van der Waals surface area contributed by atoms with Gasteiger partial charge in [0.2, 0.25) is 0 Å². The maximum absolute atomic E-state index is 11.9. The van der Waals surface area contributed by atoms with E-state index < -0.39 is 0 Å². The Bertz CT molecular complexity index is 276. The van der Waals surface area contributed by atoms with E-state index in [0.29, 0.717) is 5.88 Å². The van der Waals surface area contributed by atoms with Gasteiger partial charge in [0, 0.05) is 19.1 Å². The van der Waals surface area contributed by atoms with Crippen LogP contribution in [0.3, 0.4) is 0 Å². The summed E-state index contributed by atoms with van der Waals surface area (Å²) in [5, 5.41) is 0.850. The average Bonchev–Trinajstić information content (AvgIpc) is 2.10. The van der Waals surface area contributed by atoms with Crippen LogP contribution in [0.5, 0.6) is 0 Å². The van der Waals surface area contributed by atoms with Gasteiger partial charge in [-0.1, -0.05) is 11.8 Å². The minimum absolute atomic E-state index is 0.0446. The van der Waals surface area contributed by atoms with Crippen molar-refractivity contribution in [3.63, 3.8) is 0 Å². The SMILES string of the molecule is CC(C)/N=C1\SCN(C)C(=O)N1C(C)C. The van der Waals surface area contributed by atoms with Crippen molar-refractivity contribution in [2.45, 2.75) is 39.8 Å². The molecular formula is C10H19N3OS. The van der Waals surface area contributed by atoms with E-state index in [-0.39, 0.29) is 18.1 Å². The van der Waals surface area contributed by atoms with Crippen molar-refractivity contribution < 1.29 is 4.79 Å². The van der Waals surface area contributed by atoms with Gasteiger partial charge in [0.25, 0.3) is 0 Å². The Hall–Kier alpha value is -0.710. The van der Waals surface area contributed by atoms with Gasteiger partial charge < -0.3 is 4.90 Å². The molecule has 0 radical (unpaired) electrons. The predicted octanol–water partition coefficient (Wildman–Crippen LogP) is 2.22. The van der Waals surface area contributed by atoms with E-state index in [2.05, 4.69) is 4.99 Å². The van der Waals surface area contributed by atoms with Crippen molar-refractivity contribution in [3.8, 4) is 0 Å². The number of hydrogen-bond donors (Lipinski definition) is 0. The lowest BCUT2D eigenvalue weighted by molar-refractivity contribution is 0.183. The first-order chi connectivity index (χ1) is 6.93. The van der Waals surface area contributed by atoms with E-state index in [1.54, 1.807) is 21.6 Å². The van der Waals surface area contributed by atoms with Crippen LogP contribution in [-0.2, 0) is 0 Å². The molecule has 1 saturated heterocycles. The third kappa shape index (κ3) is 2.87. The van der Waals surface area contributed by atoms with Gasteiger partial charge in [0.05, 0.1) is 5.88 Å². The monoisotopic (exact) mass is 229 g/mol. The van der Waals surface area contributed by atoms with Crippen LogP contribution in [0.15, 0.2) is 4.99 Å². The molecule has 0 aromatic rings. The minimum atomic E-state index is 0.0446. The highest BCUT2D eigenvalue weighted by atomic mass is 32.2. The van der Waals surface area contributed by atoms with E-state index in [4.69, 9.17) is 0 Å². The maximum atomic E-state index is 11.9. The predicted molar refractivity (Wildman–Crippen MR) is 65.2 cm³/mol. The topological polar surface area (TPSA) is 35.9 Å². The average molecular weight is 229 g/mol. The molecule has 0 saturated carbocycles. The number of thioether (sulfide) groups is 1. The van der Waals surface area contributed by atoms with Crippen molar-refractivity contribution in [2.24, 2.45) is 4.99 Å². The second kappa shape index (κ2) is 4.88. The van der Waals surface area contributed by atoms with Gasteiger partial charge in [-0.15, -0.1) is 0 Å². The Morgan fingerprint density at radius 2 is 1.93 bits per heavy atom. The molecule has 1 aliphatic heterocycles. The summed E-state index contributed by atoms with van der Waals surface area (Å²) in [4.78, 5) is 19.9. The zero-order valence-electron chi connectivity index (χ0n) is 10.0. The summed E-state index contributed by atoms with van der Waals surface area (Å²) in [6, 6.07) is 0.429. The number of hydrogen-bond acceptors (Lipinski definition) is 3. The molecule has 4 nitrogen and oxygen atoms in total. The summed E-state index contributed by atoms with van der Waals surface area (Å²) in [5.74, 6) is 0.688. The molecule has 0 aromatic carbocycles. The van der Waals surface area contributed by atoms with Crippen molar-refractivity contribution in [1.29, 1.82) is 0 Å². The van der Waals surface area contributed by atoms with Crippen LogP contribution in [0.4, 0.5) is 4.79 Å². The molecule has 1 rings (SSSR count). The van der Waals surface area contributed by atoms with Crippen LogP contribution >= 0.6 is 11.8 Å². The molecule has 0 N–H and O–H groups in total. The van der Waals surface area contributed by atoms with E-state index in [1.165, 1.54) is 0 Å². The van der Waals surface area contributed by atoms with Crippen molar-refractivity contribution in [1.82, 2.24) is 9.80 Å². The van der Waals surface area contributed by atoms with Crippen LogP contribution in [0.2, 0.25) is 0 Å². The third-order valence-corrected chi connectivity index (χ3v) is 3.09. The molecule has 2 amide bonds. The van der Waals surface area contributed by atoms with Crippen LogP contribution < -0.4 is 0 Å². The van der Waals surface area contributed by atoms with Crippen LogP contribution in [0, 0.1) is 0 Å². The maximum Gasteiger partial charge on any atom is 0.326 e. The highest BCUT2D eigenvalue weighted by Gasteiger charge is 2.30. The second-order valence-electron chi connectivity index (χ2n) is 4.22. The Labute approximate surface area is 95.7 Å². The van der Waals surface area contributed by atoms with Crippen LogP contribution in [0.25, 0.3) is 0 Å². The summed E-state index contributed by atoms with van der Waals surface area (Å²) in [6.07, 6.45) is 0. The number of urea groups is 1. The first-order valence-electron chi connectivity index (χ1n) is 5.18. The van der Waals surface area contributed by atoms with Gasteiger partial charge in [-0.25, -0.2) is 4.79 Å². The number of rotatable bonds is 2. The zero-order valence-corrected chi connectivity index (χ0v) is 10.8. The number of amides is 2. The van der Waals surface area contributed by atoms with Crippen molar-refractivity contribution in [3.05, 3.63) is 0 Å². The molecule has 5 heteroatoms. The molecule has 1 aliphatic rings. The molecule has 0 unspecified atom stereocenters. The number of carbonyl (C=O) groups excluding carboxylic acids is 1. The molecule has 0 atom stereocenters. The van der Waals surface area contributed by atoms with E-state index in [1.807, 2.05) is 34.7 Å². The van der Waals surface area contributed by atoms with Crippen molar-refractivity contribution in [2.75, 3.05) is 12.9 Å². The van der Waals surface area contributed by atoms with E-state index in [9.17, 15) is 4.79 Å². The minimum Gasteiger partial charge on any atom is -0.318 e. The molecule has 0 aliphatic carbocycles. The fourth-order valence-electron chi connectivity index (χ4n) is 1.31. The number of amidine groups is 1. The summed E-state index contributed by atoms with van der Waals surface area (Å²) >= 11 is 1.62. The number of nitrogens with zero attached hydrogens (tertiary/aromatic N) is 3. The molecule has 1 heterocycles. The molecule has 0 aromatic heterocycles. The fourth-order valence-corrected chi connectivity index (χ4v) is 2.44. The lowest BCUT2D eigenvalue weighted by Crippen LogP contribution is -2.51. The third-order valence-electron chi connectivity index (χ3n) is 2.01. The smallest absolute Gasteiger partial charge is 0.318 e. The molecule has 1 fully saturated rings. The second-order valence-corrected chi connectivity index (χ2v) is 5.14. The summed E-state index contributed by atoms with van der Waals surface area (Å²) < 4.78 is 0. The fraction of sp³-hybridized carbons (Fsp3) is 0.800. The van der Waals surface area contributed by atoms with E-state index in [0.717, 1.165) is 5.17 Å². The normalized spacial score (nSPS) is 21.0. The molecule has 86 valence electrons. The Morgan fingerprint density at radius 3 is 2.40 bits per heavy atom. The molecule has 0 spiro atoms. The number of aliphatic imine (C=N–C) groups is 1. The summed E-state index contributed by atoms with van der Waals surface area (Å²) in [6.45, 7) is 8.06. The lowest BCUT2D eigenvalue weighted by atomic mass is 10.3. The standard InChI is InChI=1S/C10H19N3OS/c1-7(2)11-9-13(8(3)4)10(14)12(5)6-15-9/h7-8H,6H2,1-5H3/b11-9-. The first-order valence-corrected chi connectivity index (χ1v) is 6.17. The lowest BCUT2D eigenvalue weighted by Gasteiger charge is -2.36. The molecule has 15 heavy (non-hydrogen) atoms. The van der Waals surface area contributed by atoms with Gasteiger partial charge in [-0.05, 0) is 27.7 Å². The molecular weight excluding hydrogens is 210 g/mol. The zero-order chi connectivity index (χ0) is 11.6. The largest absolute Gasteiger partial charge is 0.326 e. The van der Waals surface area contributed by atoms with Gasteiger partial charge in [-0.3, -0.25) is 9.89 Å². The van der Waals surface area contributed by atoms with Gasteiger partial charge >= 0.3 is 6.03 Å². The Kier molecular flexibility index (Phi) is 4.02. The van der Waals surface area contributed by atoms with Gasteiger partial charge in [0.15, 0.2) is 5.17 Å².